The number of sulfonamides is 1. The van der Waals surface area contributed by atoms with Gasteiger partial charge in [-0.2, -0.15) is 0 Å². The first-order valence-electron chi connectivity index (χ1n) is 5.83. The number of rotatable bonds is 4. The van der Waals surface area contributed by atoms with Crippen molar-refractivity contribution in [2.75, 3.05) is 17.7 Å². The third-order valence-corrected chi connectivity index (χ3v) is 3.73. The number of aryl methyl sites for hydroxylation is 1. The van der Waals surface area contributed by atoms with E-state index >= 15 is 0 Å². The number of anilines is 2. The predicted molar refractivity (Wildman–Crippen MR) is 75.6 cm³/mol. The molecule has 2 aromatic rings. The highest BCUT2D eigenvalue weighted by Gasteiger charge is 2.13. The van der Waals surface area contributed by atoms with Crippen LogP contribution in [0.3, 0.4) is 0 Å². The van der Waals surface area contributed by atoms with Crippen LogP contribution >= 0.6 is 0 Å². The van der Waals surface area contributed by atoms with Crippen LogP contribution in [0.1, 0.15) is 11.5 Å². The zero-order chi connectivity index (χ0) is 14.9. The fraction of sp³-hybridized carbons (Fsp3) is 0.250. The zero-order valence-corrected chi connectivity index (χ0v) is 12.0. The van der Waals surface area contributed by atoms with Crippen LogP contribution in [-0.2, 0) is 16.6 Å². The number of hydrogen-bond acceptors (Lipinski definition) is 6. The highest BCUT2D eigenvalue weighted by Crippen LogP contribution is 2.26. The van der Waals surface area contributed by atoms with Gasteiger partial charge in [0, 0.05) is 13.1 Å². The summed E-state index contributed by atoms with van der Waals surface area (Å²) in [5.74, 6) is 0.728. The lowest BCUT2D eigenvalue weighted by atomic mass is 10.2. The standard InChI is InChI=1S/C12H16N4O3S/c1-8-5-9(15-19-8)7-16(2)12-4-3-10(6-11(12)13)20(14,17)18/h3-6H,7,13H2,1-2H3,(H2,14,17,18). The highest BCUT2D eigenvalue weighted by molar-refractivity contribution is 7.89. The first-order chi connectivity index (χ1) is 9.27. The molecule has 0 amide bonds. The summed E-state index contributed by atoms with van der Waals surface area (Å²) in [6.45, 7) is 2.31. The average Bonchev–Trinajstić information content (AvgIpc) is 2.73. The molecule has 0 spiro atoms. The van der Waals surface area contributed by atoms with E-state index in [4.69, 9.17) is 15.4 Å². The number of hydrogen-bond donors (Lipinski definition) is 2. The second-order valence-electron chi connectivity index (χ2n) is 4.55. The van der Waals surface area contributed by atoms with Crippen LogP contribution in [0.4, 0.5) is 11.4 Å². The van der Waals surface area contributed by atoms with E-state index in [1.807, 2.05) is 24.9 Å². The van der Waals surface area contributed by atoms with Gasteiger partial charge in [-0.3, -0.25) is 0 Å². The van der Waals surface area contributed by atoms with Gasteiger partial charge in [0.25, 0.3) is 0 Å². The van der Waals surface area contributed by atoms with E-state index in [9.17, 15) is 8.42 Å². The van der Waals surface area contributed by atoms with Crippen LogP contribution in [0.5, 0.6) is 0 Å². The maximum absolute atomic E-state index is 11.2. The molecule has 1 aromatic heterocycles. The molecule has 108 valence electrons. The fourth-order valence-electron chi connectivity index (χ4n) is 1.88. The van der Waals surface area contributed by atoms with E-state index in [0.29, 0.717) is 17.9 Å². The van der Waals surface area contributed by atoms with Crippen LogP contribution in [0.15, 0.2) is 33.7 Å². The SMILES string of the molecule is Cc1cc(CN(C)c2ccc(S(N)(=O)=O)cc2N)no1. The number of primary sulfonamides is 1. The van der Waals surface area contributed by atoms with Crippen molar-refractivity contribution in [3.8, 4) is 0 Å². The molecule has 0 unspecified atom stereocenters. The van der Waals surface area contributed by atoms with Gasteiger partial charge in [0.1, 0.15) is 11.5 Å². The maximum atomic E-state index is 11.2. The van der Waals surface area contributed by atoms with Gasteiger partial charge < -0.3 is 15.2 Å². The van der Waals surface area contributed by atoms with Gasteiger partial charge in [-0.15, -0.1) is 0 Å². The number of nitrogens with two attached hydrogens (primary N) is 2. The first kappa shape index (κ1) is 14.4. The largest absolute Gasteiger partial charge is 0.397 e. The van der Waals surface area contributed by atoms with Crippen LogP contribution in [0.25, 0.3) is 0 Å². The second-order valence-corrected chi connectivity index (χ2v) is 6.11. The smallest absolute Gasteiger partial charge is 0.238 e. The molecule has 0 saturated carbocycles. The number of nitrogens with zero attached hydrogens (tertiary/aromatic N) is 2. The maximum Gasteiger partial charge on any atom is 0.238 e. The van der Waals surface area contributed by atoms with Crippen molar-refractivity contribution in [3.05, 3.63) is 35.7 Å². The van der Waals surface area contributed by atoms with E-state index in [2.05, 4.69) is 5.16 Å². The van der Waals surface area contributed by atoms with Gasteiger partial charge in [-0.1, -0.05) is 5.16 Å². The van der Waals surface area contributed by atoms with Crippen molar-refractivity contribution in [1.82, 2.24) is 5.16 Å². The Hall–Kier alpha value is -2.06. The van der Waals surface area contributed by atoms with Crippen molar-refractivity contribution in [2.24, 2.45) is 5.14 Å². The Labute approximate surface area is 117 Å². The second kappa shape index (κ2) is 5.14. The van der Waals surface area contributed by atoms with Gasteiger partial charge in [-0.25, -0.2) is 13.6 Å². The molecule has 0 aliphatic carbocycles. The molecule has 7 nitrogen and oxygen atoms in total. The molecular weight excluding hydrogens is 280 g/mol. The summed E-state index contributed by atoms with van der Waals surface area (Å²) in [4.78, 5) is 1.84. The van der Waals surface area contributed by atoms with Gasteiger partial charge >= 0.3 is 0 Å². The zero-order valence-electron chi connectivity index (χ0n) is 11.2. The molecule has 1 heterocycles. The van der Waals surface area contributed by atoms with Gasteiger partial charge in [0.2, 0.25) is 10.0 Å². The molecule has 0 bridgehead atoms. The molecule has 4 N–H and O–H groups in total. The Kier molecular flexibility index (Phi) is 3.69. The molecule has 0 radical (unpaired) electrons. The van der Waals surface area contributed by atoms with E-state index < -0.39 is 10.0 Å². The molecule has 8 heteroatoms. The normalized spacial score (nSPS) is 11.6. The first-order valence-corrected chi connectivity index (χ1v) is 7.37. The van der Waals surface area contributed by atoms with Gasteiger partial charge in [-0.05, 0) is 25.1 Å². The lowest BCUT2D eigenvalue weighted by molar-refractivity contribution is 0.390. The van der Waals surface area contributed by atoms with Gasteiger partial charge in [0.05, 0.1) is 22.8 Å². The minimum atomic E-state index is -3.75. The van der Waals surface area contributed by atoms with Crippen molar-refractivity contribution >= 4 is 21.4 Å². The molecule has 0 saturated heterocycles. The van der Waals surface area contributed by atoms with E-state index in [1.165, 1.54) is 12.1 Å². The minimum Gasteiger partial charge on any atom is -0.397 e. The van der Waals surface area contributed by atoms with Crippen molar-refractivity contribution in [2.45, 2.75) is 18.4 Å². The molecule has 0 aliphatic rings. The summed E-state index contributed by atoms with van der Waals surface area (Å²) >= 11 is 0. The van der Waals surface area contributed by atoms with E-state index in [-0.39, 0.29) is 4.90 Å². The van der Waals surface area contributed by atoms with Gasteiger partial charge in [0.15, 0.2) is 0 Å². The van der Waals surface area contributed by atoms with Crippen molar-refractivity contribution < 1.29 is 12.9 Å². The predicted octanol–water partition coefficient (Wildman–Crippen LogP) is 0.849. The Morgan fingerprint density at radius 2 is 2.05 bits per heavy atom. The summed E-state index contributed by atoms with van der Waals surface area (Å²) in [6.07, 6.45) is 0. The van der Waals surface area contributed by atoms with Crippen LogP contribution < -0.4 is 15.8 Å². The van der Waals surface area contributed by atoms with E-state index in [1.54, 1.807) is 6.07 Å². The van der Waals surface area contributed by atoms with E-state index in [0.717, 1.165) is 11.5 Å². The third kappa shape index (κ3) is 3.09. The highest BCUT2D eigenvalue weighted by atomic mass is 32.2. The molecule has 20 heavy (non-hydrogen) atoms. The molecule has 0 aliphatic heterocycles. The number of aromatic nitrogens is 1. The summed E-state index contributed by atoms with van der Waals surface area (Å²) in [6, 6.07) is 6.20. The lowest BCUT2D eigenvalue weighted by Crippen LogP contribution is -2.19. The number of benzene rings is 1. The quantitative estimate of drug-likeness (QED) is 0.808. The Morgan fingerprint density at radius 3 is 2.55 bits per heavy atom. The average molecular weight is 296 g/mol. The van der Waals surface area contributed by atoms with Crippen LogP contribution in [0, 0.1) is 6.92 Å². The molecule has 1 aromatic carbocycles. The number of nitrogen functional groups attached to an aromatic ring is 1. The topological polar surface area (TPSA) is 115 Å². The Bertz CT molecular complexity index is 724. The van der Waals surface area contributed by atoms with Crippen LogP contribution in [-0.4, -0.2) is 20.6 Å². The molecule has 0 fully saturated rings. The van der Waals surface area contributed by atoms with Crippen LogP contribution in [0.2, 0.25) is 0 Å². The lowest BCUT2D eigenvalue weighted by Gasteiger charge is -2.20. The Balaban J connectivity index is 2.24. The minimum absolute atomic E-state index is 0.00979. The van der Waals surface area contributed by atoms with Crippen molar-refractivity contribution in [1.29, 1.82) is 0 Å². The Morgan fingerprint density at radius 1 is 1.35 bits per heavy atom. The molecular formula is C12H16N4O3S. The molecule has 2 rings (SSSR count). The van der Waals surface area contributed by atoms with Crippen molar-refractivity contribution in [3.63, 3.8) is 0 Å². The summed E-state index contributed by atoms with van der Waals surface area (Å²) in [5.41, 5.74) is 7.66. The summed E-state index contributed by atoms with van der Waals surface area (Å²) in [7, 11) is -1.92. The summed E-state index contributed by atoms with van der Waals surface area (Å²) in [5, 5.41) is 8.95. The monoisotopic (exact) mass is 296 g/mol. The third-order valence-electron chi connectivity index (χ3n) is 2.81. The fourth-order valence-corrected chi connectivity index (χ4v) is 2.43. The molecule has 0 atom stereocenters. The summed E-state index contributed by atoms with van der Waals surface area (Å²) < 4.78 is 27.5.